The number of esters is 1. The standard InChI is InChI=1S/C26H26N2O6/c1-14-9-22(33-16(3)29)25-15(2)19(26(31)34-23(25)10-14)12-24(30)27-8-7-17-13-28-21-6-5-18(32-4)11-20(17)21/h5-6,9-11,13,28H,7-8,12H2,1-4H3,(H,27,30). The molecule has 2 heterocycles. The van der Waals surface area contributed by atoms with E-state index in [4.69, 9.17) is 13.9 Å². The number of rotatable bonds is 7. The zero-order chi connectivity index (χ0) is 24.4. The first-order valence-electron chi connectivity index (χ1n) is 10.9. The van der Waals surface area contributed by atoms with E-state index < -0.39 is 11.6 Å². The number of H-pyrrole nitrogens is 1. The van der Waals surface area contributed by atoms with Crippen LogP contribution in [0.1, 0.15) is 29.2 Å². The lowest BCUT2D eigenvalue weighted by Crippen LogP contribution is -2.29. The van der Waals surface area contributed by atoms with Crippen LogP contribution >= 0.6 is 0 Å². The average Bonchev–Trinajstić information content (AvgIpc) is 3.17. The van der Waals surface area contributed by atoms with Crippen LogP contribution in [0.2, 0.25) is 0 Å². The van der Waals surface area contributed by atoms with Crippen LogP contribution in [0.3, 0.4) is 0 Å². The molecule has 0 aliphatic heterocycles. The Morgan fingerprint density at radius 3 is 2.68 bits per heavy atom. The van der Waals surface area contributed by atoms with Gasteiger partial charge in [0.2, 0.25) is 5.91 Å². The highest BCUT2D eigenvalue weighted by Gasteiger charge is 2.19. The summed E-state index contributed by atoms with van der Waals surface area (Å²) in [6, 6.07) is 9.20. The monoisotopic (exact) mass is 462 g/mol. The van der Waals surface area contributed by atoms with E-state index in [-0.39, 0.29) is 17.9 Å². The van der Waals surface area contributed by atoms with Gasteiger partial charge in [-0.05, 0) is 67.3 Å². The van der Waals surface area contributed by atoms with Crippen LogP contribution in [0.15, 0.2) is 45.7 Å². The number of benzene rings is 2. The Balaban J connectivity index is 1.51. The summed E-state index contributed by atoms with van der Waals surface area (Å²) in [4.78, 5) is 40.1. The summed E-state index contributed by atoms with van der Waals surface area (Å²) in [7, 11) is 1.62. The summed E-state index contributed by atoms with van der Waals surface area (Å²) >= 11 is 0. The Bertz CT molecular complexity index is 1460. The van der Waals surface area contributed by atoms with Gasteiger partial charge < -0.3 is 24.2 Å². The molecule has 2 aromatic carbocycles. The third kappa shape index (κ3) is 4.66. The van der Waals surface area contributed by atoms with Crippen molar-refractivity contribution in [1.82, 2.24) is 10.3 Å². The molecule has 176 valence electrons. The topological polar surface area (TPSA) is 111 Å². The quantitative estimate of drug-likeness (QED) is 0.246. The maximum absolute atomic E-state index is 12.7. The predicted octanol–water partition coefficient (Wildman–Crippen LogP) is 3.73. The molecule has 0 saturated carbocycles. The van der Waals surface area contributed by atoms with E-state index in [1.165, 1.54) is 6.92 Å². The van der Waals surface area contributed by atoms with Crippen molar-refractivity contribution in [1.29, 1.82) is 0 Å². The van der Waals surface area contributed by atoms with Crippen molar-refractivity contribution < 1.29 is 23.5 Å². The summed E-state index contributed by atoms with van der Waals surface area (Å²) in [6.45, 7) is 5.25. The van der Waals surface area contributed by atoms with Crippen LogP contribution in [0.4, 0.5) is 0 Å². The number of hydrogen-bond acceptors (Lipinski definition) is 6. The number of hydrogen-bond donors (Lipinski definition) is 2. The summed E-state index contributed by atoms with van der Waals surface area (Å²) < 4.78 is 16.1. The molecule has 0 spiro atoms. The lowest BCUT2D eigenvalue weighted by Gasteiger charge is -2.12. The second-order valence-electron chi connectivity index (χ2n) is 8.23. The smallest absolute Gasteiger partial charge is 0.340 e. The third-order valence-corrected chi connectivity index (χ3v) is 5.77. The minimum atomic E-state index is -0.580. The van der Waals surface area contributed by atoms with Gasteiger partial charge in [0.1, 0.15) is 17.1 Å². The van der Waals surface area contributed by atoms with Gasteiger partial charge in [-0.1, -0.05) is 0 Å². The number of nitrogens with one attached hydrogen (secondary N) is 2. The summed E-state index contributed by atoms with van der Waals surface area (Å²) in [5, 5.41) is 4.42. The first kappa shape index (κ1) is 23.1. The maximum atomic E-state index is 12.7. The van der Waals surface area contributed by atoms with Crippen molar-refractivity contribution in [2.75, 3.05) is 13.7 Å². The zero-order valence-corrected chi connectivity index (χ0v) is 19.5. The van der Waals surface area contributed by atoms with Crippen LogP contribution in [-0.4, -0.2) is 30.5 Å². The molecule has 0 bridgehead atoms. The highest BCUT2D eigenvalue weighted by atomic mass is 16.5. The van der Waals surface area contributed by atoms with Crippen LogP contribution in [0.5, 0.6) is 11.5 Å². The Labute approximate surface area is 195 Å². The molecule has 0 aliphatic rings. The number of ether oxygens (including phenoxy) is 2. The van der Waals surface area contributed by atoms with Crippen LogP contribution in [-0.2, 0) is 22.4 Å². The van der Waals surface area contributed by atoms with E-state index in [1.54, 1.807) is 26.2 Å². The number of aromatic amines is 1. The average molecular weight is 463 g/mol. The fraction of sp³-hybridized carbons (Fsp3) is 0.269. The summed E-state index contributed by atoms with van der Waals surface area (Å²) in [6.07, 6.45) is 2.39. The minimum absolute atomic E-state index is 0.140. The van der Waals surface area contributed by atoms with Gasteiger partial charge in [0.15, 0.2) is 0 Å². The Morgan fingerprint density at radius 2 is 1.94 bits per heavy atom. The number of methoxy groups -OCH3 is 1. The number of aryl methyl sites for hydroxylation is 2. The van der Waals surface area contributed by atoms with Crippen LogP contribution in [0.25, 0.3) is 21.9 Å². The molecule has 0 radical (unpaired) electrons. The van der Waals surface area contributed by atoms with Gasteiger partial charge >= 0.3 is 11.6 Å². The highest BCUT2D eigenvalue weighted by Crippen LogP contribution is 2.31. The molecule has 0 saturated heterocycles. The van der Waals surface area contributed by atoms with E-state index in [9.17, 15) is 14.4 Å². The molecule has 4 aromatic rings. The lowest BCUT2D eigenvalue weighted by molar-refractivity contribution is -0.131. The fourth-order valence-corrected chi connectivity index (χ4v) is 4.13. The first-order valence-corrected chi connectivity index (χ1v) is 10.9. The normalized spacial score (nSPS) is 11.1. The Morgan fingerprint density at radius 1 is 1.15 bits per heavy atom. The first-order chi connectivity index (χ1) is 16.3. The Hall–Kier alpha value is -4.07. The van der Waals surface area contributed by atoms with E-state index in [0.29, 0.717) is 35.2 Å². The van der Waals surface area contributed by atoms with Crippen molar-refractivity contribution >= 4 is 33.7 Å². The van der Waals surface area contributed by atoms with E-state index in [2.05, 4.69) is 10.3 Å². The van der Waals surface area contributed by atoms with E-state index >= 15 is 0 Å². The molecule has 8 heteroatoms. The molecule has 34 heavy (non-hydrogen) atoms. The number of amides is 1. The second-order valence-corrected chi connectivity index (χ2v) is 8.23. The third-order valence-electron chi connectivity index (χ3n) is 5.77. The van der Waals surface area contributed by atoms with Crippen molar-refractivity contribution in [3.63, 3.8) is 0 Å². The van der Waals surface area contributed by atoms with Gasteiger partial charge in [-0.15, -0.1) is 0 Å². The maximum Gasteiger partial charge on any atom is 0.340 e. The number of fused-ring (bicyclic) bond motifs is 2. The van der Waals surface area contributed by atoms with Crippen molar-refractivity contribution in [3.05, 3.63) is 69.2 Å². The van der Waals surface area contributed by atoms with Gasteiger partial charge in [0.25, 0.3) is 0 Å². The van der Waals surface area contributed by atoms with Crippen LogP contribution < -0.4 is 20.4 Å². The van der Waals surface area contributed by atoms with Crippen molar-refractivity contribution in [2.45, 2.75) is 33.6 Å². The molecule has 1 amide bonds. The largest absolute Gasteiger partial charge is 0.497 e. The molecule has 0 fully saturated rings. The minimum Gasteiger partial charge on any atom is -0.497 e. The highest BCUT2D eigenvalue weighted by molar-refractivity contribution is 5.91. The zero-order valence-electron chi connectivity index (χ0n) is 19.5. The van der Waals surface area contributed by atoms with E-state index in [1.807, 2.05) is 31.3 Å². The van der Waals surface area contributed by atoms with Gasteiger partial charge in [0.05, 0.1) is 24.5 Å². The molecule has 2 N–H and O–H groups in total. The van der Waals surface area contributed by atoms with Crippen molar-refractivity contribution in [3.8, 4) is 11.5 Å². The lowest BCUT2D eigenvalue weighted by atomic mass is 10.0. The van der Waals surface area contributed by atoms with Crippen molar-refractivity contribution in [2.24, 2.45) is 0 Å². The SMILES string of the molecule is COc1ccc2[nH]cc(CCNC(=O)Cc3c(C)c4c(OC(C)=O)cc(C)cc4oc3=O)c2c1. The predicted molar refractivity (Wildman–Crippen MR) is 129 cm³/mol. The molecule has 2 aromatic heterocycles. The summed E-state index contributed by atoms with van der Waals surface area (Å²) in [5.41, 5.74) is 3.36. The molecule has 4 rings (SSSR count). The van der Waals surface area contributed by atoms with Gasteiger partial charge in [-0.2, -0.15) is 0 Å². The number of carbonyl (C=O) groups excluding carboxylic acids is 2. The molecule has 0 unspecified atom stereocenters. The van der Waals surface area contributed by atoms with Gasteiger partial charge in [-0.3, -0.25) is 9.59 Å². The molecule has 0 atom stereocenters. The number of aromatic nitrogens is 1. The second kappa shape index (κ2) is 9.43. The molecular formula is C26H26N2O6. The molecule has 8 nitrogen and oxygen atoms in total. The molecular weight excluding hydrogens is 436 g/mol. The molecule has 0 aliphatic carbocycles. The van der Waals surface area contributed by atoms with Crippen LogP contribution in [0, 0.1) is 13.8 Å². The van der Waals surface area contributed by atoms with Gasteiger partial charge in [0, 0.05) is 30.6 Å². The fourth-order valence-electron chi connectivity index (χ4n) is 4.13. The van der Waals surface area contributed by atoms with Gasteiger partial charge in [-0.25, -0.2) is 4.79 Å². The Kier molecular flexibility index (Phi) is 6.40. The van der Waals surface area contributed by atoms with E-state index in [0.717, 1.165) is 27.8 Å². The number of carbonyl (C=O) groups is 2. The summed E-state index contributed by atoms with van der Waals surface area (Å²) in [5.74, 6) is 0.291.